The van der Waals surface area contributed by atoms with Gasteiger partial charge in [0.25, 0.3) is 5.78 Å². The Morgan fingerprint density at radius 3 is 3.18 bits per heavy atom. The van der Waals surface area contributed by atoms with E-state index in [9.17, 15) is 0 Å². The topological polar surface area (TPSA) is 66.5 Å². The van der Waals surface area contributed by atoms with E-state index in [2.05, 4.69) is 20.0 Å². The van der Waals surface area contributed by atoms with Crippen molar-refractivity contribution in [2.75, 3.05) is 24.6 Å². The third kappa shape index (κ3) is 1.56. The summed E-state index contributed by atoms with van der Waals surface area (Å²) in [6.45, 7) is 4.05. The van der Waals surface area contributed by atoms with Crippen LogP contribution in [-0.4, -0.2) is 44.4 Å². The van der Waals surface area contributed by atoms with Gasteiger partial charge in [0.1, 0.15) is 12.1 Å². The molecule has 0 aliphatic carbocycles. The SMILES string of the molecule is Cc1nc2ncnn2c2c1CCN2CCCO. The fraction of sp³-hybridized carbons (Fsp3) is 0.545. The van der Waals surface area contributed by atoms with Crippen LogP contribution >= 0.6 is 0 Å². The van der Waals surface area contributed by atoms with Gasteiger partial charge in [-0.1, -0.05) is 0 Å². The molecule has 90 valence electrons. The molecule has 0 unspecified atom stereocenters. The van der Waals surface area contributed by atoms with E-state index >= 15 is 0 Å². The second-order valence-corrected chi connectivity index (χ2v) is 4.29. The molecule has 2 aromatic rings. The van der Waals surface area contributed by atoms with E-state index in [4.69, 9.17) is 5.11 Å². The van der Waals surface area contributed by atoms with Crippen molar-refractivity contribution < 1.29 is 5.11 Å². The van der Waals surface area contributed by atoms with Crippen LogP contribution in [0.3, 0.4) is 0 Å². The molecule has 0 saturated heterocycles. The summed E-state index contributed by atoms with van der Waals surface area (Å²) in [5.41, 5.74) is 2.29. The van der Waals surface area contributed by atoms with Crippen LogP contribution in [0.5, 0.6) is 0 Å². The third-order valence-electron chi connectivity index (χ3n) is 3.22. The zero-order valence-electron chi connectivity index (χ0n) is 9.80. The van der Waals surface area contributed by atoms with Crippen molar-refractivity contribution in [3.8, 4) is 0 Å². The molecule has 0 bridgehead atoms. The Morgan fingerprint density at radius 2 is 2.35 bits per heavy atom. The van der Waals surface area contributed by atoms with Gasteiger partial charge in [-0.3, -0.25) is 0 Å². The number of fused-ring (bicyclic) bond motifs is 3. The van der Waals surface area contributed by atoms with Gasteiger partial charge in [-0.05, 0) is 19.8 Å². The molecule has 17 heavy (non-hydrogen) atoms. The molecular formula is C11H15N5O. The van der Waals surface area contributed by atoms with Crippen molar-refractivity contribution in [2.24, 2.45) is 0 Å². The van der Waals surface area contributed by atoms with Gasteiger partial charge in [-0.25, -0.2) is 4.98 Å². The molecule has 0 fully saturated rings. The van der Waals surface area contributed by atoms with E-state index < -0.39 is 0 Å². The summed E-state index contributed by atoms with van der Waals surface area (Å²) < 4.78 is 1.80. The summed E-state index contributed by atoms with van der Waals surface area (Å²) >= 11 is 0. The molecule has 0 atom stereocenters. The molecule has 1 aliphatic rings. The van der Waals surface area contributed by atoms with Crippen LogP contribution in [-0.2, 0) is 6.42 Å². The number of aliphatic hydroxyl groups excluding tert-OH is 1. The van der Waals surface area contributed by atoms with Gasteiger partial charge in [0, 0.05) is 31.0 Å². The van der Waals surface area contributed by atoms with Gasteiger partial charge >= 0.3 is 0 Å². The van der Waals surface area contributed by atoms with E-state index in [-0.39, 0.29) is 6.61 Å². The van der Waals surface area contributed by atoms with Crippen molar-refractivity contribution in [1.29, 1.82) is 0 Å². The molecule has 0 amide bonds. The Labute approximate surface area is 98.9 Å². The zero-order chi connectivity index (χ0) is 11.8. The average molecular weight is 233 g/mol. The molecule has 3 heterocycles. The minimum atomic E-state index is 0.219. The first-order valence-electron chi connectivity index (χ1n) is 5.86. The van der Waals surface area contributed by atoms with Crippen LogP contribution in [0, 0.1) is 6.92 Å². The zero-order valence-corrected chi connectivity index (χ0v) is 9.80. The number of aliphatic hydroxyl groups is 1. The maximum absolute atomic E-state index is 8.93. The molecule has 0 radical (unpaired) electrons. The Balaban J connectivity index is 2.10. The summed E-state index contributed by atoms with van der Waals surface area (Å²) in [6.07, 6.45) is 3.30. The molecular weight excluding hydrogens is 218 g/mol. The lowest BCUT2D eigenvalue weighted by Crippen LogP contribution is -2.24. The molecule has 6 nitrogen and oxygen atoms in total. The second kappa shape index (κ2) is 3.96. The fourth-order valence-corrected chi connectivity index (χ4v) is 2.42. The Kier molecular flexibility index (Phi) is 2.44. The number of aromatic nitrogens is 4. The molecule has 6 heteroatoms. The summed E-state index contributed by atoms with van der Waals surface area (Å²) in [6, 6.07) is 0. The van der Waals surface area contributed by atoms with Crippen LogP contribution in [0.1, 0.15) is 17.7 Å². The maximum Gasteiger partial charge on any atom is 0.254 e. The predicted octanol–water partition coefficient (Wildman–Crippen LogP) is 0.178. The first-order valence-corrected chi connectivity index (χ1v) is 5.86. The van der Waals surface area contributed by atoms with Crippen LogP contribution < -0.4 is 4.90 Å². The quantitative estimate of drug-likeness (QED) is 0.819. The smallest absolute Gasteiger partial charge is 0.254 e. The summed E-state index contributed by atoms with van der Waals surface area (Å²) in [4.78, 5) is 10.8. The fourth-order valence-electron chi connectivity index (χ4n) is 2.42. The van der Waals surface area contributed by atoms with Crippen molar-refractivity contribution in [2.45, 2.75) is 19.8 Å². The third-order valence-corrected chi connectivity index (χ3v) is 3.22. The predicted molar refractivity (Wildman–Crippen MR) is 63.1 cm³/mol. The van der Waals surface area contributed by atoms with E-state index in [0.29, 0.717) is 5.78 Å². The highest BCUT2D eigenvalue weighted by Crippen LogP contribution is 2.29. The van der Waals surface area contributed by atoms with Gasteiger partial charge in [-0.2, -0.15) is 14.6 Å². The van der Waals surface area contributed by atoms with E-state index in [1.54, 1.807) is 4.52 Å². The van der Waals surface area contributed by atoms with E-state index in [1.165, 1.54) is 11.9 Å². The maximum atomic E-state index is 8.93. The number of anilines is 1. The van der Waals surface area contributed by atoms with Crippen molar-refractivity contribution >= 4 is 11.6 Å². The van der Waals surface area contributed by atoms with Crippen LogP contribution in [0.15, 0.2) is 6.33 Å². The Bertz CT molecular complexity index is 550. The number of hydrogen-bond acceptors (Lipinski definition) is 5. The van der Waals surface area contributed by atoms with Gasteiger partial charge in [0.2, 0.25) is 0 Å². The molecule has 2 aromatic heterocycles. The molecule has 0 aromatic carbocycles. The lowest BCUT2D eigenvalue weighted by atomic mass is 10.2. The number of aryl methyl sites for hydroxylation is 1. The van der Waals surface area contributed by atoms with Crippen molar-refractivity contribution in [3.63, 3.8) is 0 Å². The van der Waals surface area contributed by atoms with Crippen LogP contribution in [0.25, 0.3) is 5.78 Å². The molecule has 3 rings (SSSR count). The number of rotatable bonds is 3. The number of nitrogens with zero attached hydrogens (tertiary/aromatic N) is 5. The molecule has 0 saturated carbocycles. The van der Waals surface area contributed by atoms with Gasteiger partial charge in [0.15, 0.2) is 0 Å². The highest BCUT2D eigenvalue weighted by molar-refractivity contribution is 5.58. The number of hydrogen-bond donors (Lipinski definition) is 1. The summed E-state index contributed by atoms with van der Waals surface area (Å²) in [5, 5.41) is 13.2. The molecule has 0 spiro atoms. The normalized spacial score (nSPS) is 14.6. The van der Waals surface area contributed by atoms with Crippen molar-refractivity contribution in [3.05, 3.63) is 17.6 Å². The monoisotopic (exact) mass is 233 g/mol. The van der Waals surface area contributed by atoms with Crippen LogP contribution in [0.4, 0.5) is 5.82 Å². The average Bonchev–Trinajstić information content (AvgIpc) is 2.91. The van der Waals surface area contributed by atoms with E-state index in [1.807, 2.05) is 6.92 Å². The summed E-state index contributed by atoms with van der Waals surface area (Å²) in [7, 11) is 0. The highest BCUT2D eigenvalue weighted by Gasteiger charge is 2.25. The van der Waals surface area contributed by atoms with Gasteiger partial charge in [0.05, 0.1) is 0 Å². The minimum absolute atomic E-state index is 0.219. The lowest BCUT2D eigenvalue weighted by Gasteiger charge is -2.19. The Hall–Kier alpha value is -1.69. The minimum Gasteiger partial charge on any atom is -0.396 e. The van der Waals surface area contributed by atoms with Gasteiger partial charge < -0.3 is 10.0 Å². The Morgan fingerprint density at radius 1 is 1.47 bits per heavy atom. The molecule has 1 N–H and O–H groups in total. The van der Waals surface area contributed by atoms with E-state index in [0.717, 1.165) is 37.4 Å². The highest BCUT2D eigenvalue weighted by atomic mass is 16.3. The standard InChI is InChI=1S/C11H15N5O/c1-8-9-3-5-15(4-2-6-17)10(9)16-11(14-8)12-7-13-16/h7,17H,2-6H2,1H3. The second-order valence-electron chi connectivity index (χ2n) is 4.29. The summed E-state index contributed by atoms with van der Waals surface area (Å²) in [5.74, 6) is 1.75. The first-order chi connectivity index (χ1) is 8.31. The van der Waals surface area contributed by atoms with Crippen LogP contribution in [0.2, 0.25) is 0 Å². The molecule has 1 aliphatic heterocycles. The van der Waals surface area contributed by atoms with Crippen molar-refractivity contribution in [1.82, 2.24) is 19.6 Å². The van der Waals surface area contributed by atoms with Gasteiger partial charge in [-0.15, -0.1) is 0 Å². The largest absolute Gasteiger partial charge is 0.396 e. The first kappa shape index (κ1) is 10.5. The lowest BCUT2D eigenvalue weighted by molar-refractivity contribution is 0.289.